The van der Waals surface area contributed by atoms with Gasteiger partial charge in [0.05, 0.1) is 11.5 Å². The third-order valence-electron chi connectivity index (χ3n) is 3.14. The third-order valence-corrected chi connectivity index (χ3v) is 4.91. The summed E-state index contributed by atoms with van der Waals surface area (Å²) < 4.78 is 22.6. The van der Waals surface area contributed by atoms with Gasteiger partial charge in [0.1, 0.15) is 0 Å². The van der Waals surface area contributed by atoms with E-state index in [1.165, 1.54) is 0 Å². The lowest BCUT2D eigenvalue weighted by atomic mass is 10.2. The molecule has 1 heterocycles. The van der Waals surface area contributed by atoms with E-state index < -0.39 is 9.84 Å². The van der Waals surface area contributed by atoms with Crippen LogP contribution < -0.4 is 16.0 Å². The van der Waals surface area contributed by atoms with Crippen LogP contribution >= 0.6 is 24.0 Å². The molecule has 1 unspecified atom stereocenters. The van der Waals surface area contributed by atoms with Crippen molar-refractivity contribution in [3.63, 3.8) is 0 Å². The van der Waals surface area contributed by atoms with Gasteiger partial charge in [-0.2, -0.15) is 0 Å². The second-order valence-corrected chi connectivity index (χ2v) is 7.92. The van der Waals surface area contributed by atoms with Crippen molar-refractivity contribution < 1.29 is 13.2 Å². The Hall–Kier alpha value is -0.580. The number of hydrogen-bond donors (Lipinski definition) is 3. The van der Waals surface area contributed by atoms with Gasteiger partial charge in [-0.1, -0.05) is 13.8 Å². The molecule has 1 amide bonds. The molecule has 9 heteroatoms. The Kier molecular flexibility index (Phi) is 9.97. The summed E-state index contributed by atoms with van der Waals surface area (Å²) in [4.78, 5) is 15.8. The number of nitrogens with one attached hydrogen (secondary N) is 3. The second kappa shape index (κ2) is 10.2. The molecule has 1 fully saturated rings. The number of hydrogen-bond acceptors (Lipinski definition) is 4. The number of sulfone groups is 1. The van der Waals surface area contributed by atoms with Crippen LogP contribution in [0.4, 0.5) is 0 Å². The maximum atomic E-state index is 11.7. The van der Waals surface area contributed by atoms with Gasteiger partial charge >= 0.3 is 0 Å². The Bertz CT molecular complexity index is 480. The van der Waals surface area contributed by atoms with Crippen LogP contribution in [0.15, 0.2) is 4.99 Å². The Balaban J connectivity index is 0.00000441. The fourth-order valence-corrected chi connectivity index (χ4v) is 3.70. The Labute approximate surface area is 150 Å². The molecular formula is C13H27IN4O3S. The summed E-state index contributed by atoms with van der Waals surface area (Å²) >= 11 is 0. The summed E-state index contributed by atoms with van der Waals surface area (Å²) in [7, 11) is -1.27. The lowest BCUT2D eigenvalue weighted by Crippen LogP contribution is -2.42. The van der Waals surface area contributed by atoms with Crippen molar-refractivity contribution in [3.8, 4) is 0 Å². The van der Waals surface area contributed by atoms with Gasteiger partial charge in [-0.3, -0.25) is 9.79 Å². The molecule has 0 bridgehead atoms. The molecule has 1 saturated heterocycles. The van der Waals surface area contributed by atoms with Gasteiger partial charge in [0.25, 0.3) is 0 Å². The predicted octanol–water partition coefficient (Wildman–Crippen LogP) is 0.119. The van der Waals surface area contributed by atoms with Crippen LogP contribution in [-0.4, -0.2) is 58.0 Å². The highest BCUT2D eigenvalue weighted by atomic mass is 127. The zero-order valence-electron chi connectivity index (χ0n) is 13.4. The molecule has 7 nitrogen and oxygen atoms in total. The molecule has 130 valence electrons. The van der Waals surface area contributed by atoms with Gasteiger partial charge in [0.15, 0.2) is 15.8 Å². The van der Waals surface area contributed by atoms with Gasteiger partial charge in [-0.05, 0) is 12.3 Å². The Morgan fingerprint density at radius 2 is 2.00 bits per heavy atom. The predicted molar refractivity (Wildman–Crippen MR) is 99.4 cm³/mol. The number of carbonyl (C=O) groups is 1. The van der Waals surface area contributed by atoms with Crippen molar-refractivity contribution in [2.45, 2.75) is 32.7 Å². The van der Waals surface area contributed by atoms with E-state index in [0.717, 1.165) is 6.54 Å². The molecule has 3 N–H and O–H groups in total. The van der Waals surface area contributed by atoms with Gasteiger partial charge in [-0.15, -0.1) is 24.0 Å². The molecule has 0 aromatic rings. The number of halogens is 1. The number of guanidine groups is 1. The molecule has 0 radical (unpaired) electrons. The van der Waals surface area contributed by atoms with E-state index in [4.69, 9.17) is 0 Å². The van der Waals surface area contributed by atoms with Crippen molar-refractivity contribution in [2.24, 2.45) is 10.9 Å². The fraction of sp³-hybridized carbons (Fsp3) is 0.846. The summed E-state index contributed by atoms with van der Waals surface area (Å²) in [6, 6.07) is -0.235. The molecule has 1 rings (SSSR count). The molecule has 1 atom stereocenters. The number of rotatable bonds is 6. The first-order valence-corrected chi connectivity index (χ1v) is 9.09. The first-order chi connectivity index (χ1) is 9.82. The number of amides is 1. The summed E-state index contributed by atoms with van der Waals surface area (Å²) in [6.07, 6.45) is 0.804. The van der Waals surface area contributed by atoms with Gasteiger partial charge < -0.3 is 16.0 Å². The van der Waals surface area contributed by atoms with Crippen LogP contribution in [0.5, 0.6) is 0 Å². The molecule has 0 spiro atoms. The minimum atomic E-state index is -2.95. The minimum absolute atomic E-state index is 0. The van der Waals surface area contributed by atoms with Crippen LogP contribution in [0.3, 0.4) is 0 Å². The lowest BCUT2D eigenvalue weighted by molar-refractivity contribution is -0.121. The first-order valence-electron chi connectivity index (χ1n) is 7.26. The monoisotopic (exact) mass is 446 g/mol. The summed E-state index contributed by atoms with van der Waals surface area (Å²) in [5.74, 6) is 1.27. The van der Waals surface area contributed by atoms with Crippen LogP contribution in [0.25, 0.3) is 0 Å². The van der Waals surface area contributed by atoms with Crippen LogP contribution in [-0.2, 0) is 14.6 Å². The summed E-state index contributed by atoms with van der Waals surface area (Å²) in [5, 5.41) is 8.97. The zero-order chi connectivity index (χ0) is 15.9. The van der Waals surface area contributed by atoms with Gasteiger partial charge in [0, 0.05) is 32.6 Å². The molecule has 0 aliphatic carbocycles. The highest BCUT2D eigenvalue weighted by Crippen LogP contribution is 2.11. The van der Waals surface area contributed by atoms with E-state index in [0.29, 0.717) is 31.3 Å². The molecule has 1 aliphatic rings. The lowest BCUT2D eigenvalue weighted by Gasteiger charge is -2.14. The topological polar surface area (TPSA) is 99.7 Å². The fourth-order valence-electron chi connectivity index (χ4n) is 2.02. The largest absolute Gasteiger partial charge is 0.356 e. The summed E-state index contributed by atoms with van der Waals surface area (Å²) in [6.45, 7) is 5.47. The third kappa shape index (κ3) is 8.76. The Morgan fingerprint density at radius 1 is 1.32 bits per heavy atom. The van der Waals surface area contributed by atoms with E-state index in [2.05, 4.69) is 34.8 Å². The molecule has 0 saturated carbocycles. The average Bonchev–Trinajstić information content (AvgIpc) is 2.72. The van der Waals surface area contributed by atoms with Crippen molar-refractivity contribution in [1.82, 2.24) is 16.0 Å². The standard InChI is InChI=1S/C13H26N4O3S.HI/c1-10(2)8-16-13(14-3)15-6-4-12(18)17-11-5-7-21(19,20)9-11;/h10-11H,4-9H2,1-3H3,(H,17,18)(H2,14,15,16);1H. The average molecular weight is 446 g/mol. The molecular weight excluding hydrogens is 419 g/mol. The van der Waals surface area contributed by atoms with Gasteiger partial charge in [0.2, 0.25) is 5.91 Å². The van der Waals surface area contributed by atoms with Gasteiger partial charge in [-0.25, -0.2) is 8.42 Å². The first kappa shape index (κ1) is 21.4. The quantitative estimate of drug-likeness (QED) is 0.306. The molecule has 0 aromatic heterocycles. The number of nitrogens with zero attached hydrogens (tertiary/aromatic N) is 1. The van der Waals surface area contributed by atoms with Crippen LogP contribution in [0, 0.1) is 5.92 Å². The normalized spacial score (nSPS) is 20.4. The Morgan fingerprint density at radius 3 is 2.50 bits per heavy atom. The van der Waals surface area contributed by atoms with Crippen molar-refractivity contribution >= 4 is 45.7 Å². The van der Waals surface area contributed by atoms with E-state index in [1.807, 2.05) is 0 Å². The van der Waals surface area contributed by atoms with E-state index in [1.54, 1.807) is 7.05 Å². The van der Waals surface area contributed by atoms with E-state index in [9.17, 15) is 13.2 Å². The second-order valence-electron chi connectivity index (χ2n) is 5.69. The maximum Gasteiger partial charge on any atom is 0.222 e. The molecule has 22 heavy (non-hydrogen) atoms. The number of aliphatic imine (C=N–C) groups is 1. The number of carbonyl (C=O) groups excluding carboxylic acids is 1. The molecule has 0 aromatic carbocycles. The maximum absolute atomic E-state index is 11.7. The molecule has 1 aliphatic heterocycles. The van der Waals surface area contributed by atoms with Crippen molar-refractivity contribution in [2.75, 3.05) is 31.6 Å². The van der Waals surface area contributed by atoms with Crippen molar-refractivity contribution in [1.29, 1.82) is 0 Å². The SMILES string of the molecule is CN=C(NCCC(=O)NC1CCS(=O)(=O)C1)NCC(C)C.I. The zero-order valence-corrected chi connectivity index (χ0v) is 16.5. The van der Waals surface area contributed by atoms with E-state index >= 15 is 0 Å². The summed E-state index contributed by atoms with van der Waals surface area (Å²) in [5.41, 5.74) is 0. The van der Waals surface area contributed by atoms with E-state index in [-0.39, 0.29) is 47.4 Å². The van der Waals surface area contributed by atoms with Crippen LogP contribution in [0.2, 0.25) is 0 Å². The smallest absolute Gasteiger partial charge is 0.222 e. The highest BCUT2D eigenvalue weighted by molar-refractivity contribution is 14.0. The van der Waals surface area contributed by atoms with Crippen molar-refractivity contribution in [3.05, 3.63) is 0 Å². The van der Waals surface area contributed by atoms with Crippen LogP contribution in [0.1, 0.15) is 26.7 Å². The highest BCUT2D eigenvalue weighted by Gasteiger charge is 2.28. The minimum Gasteiger partial charge on any atom is -0.356 e.